The fourth-order valence-corrected chi connectivity index (χ4v) is 2.80. The third-order valence-corrected chi connectivity index (χ3v) is 4.32. The smallest absolute Gasteiger partial charge is 0.273 e. The fraction of sp³-hybridized carbons (Fsp3) is 0.812. The summed E-state index contributed by atoms with van der Waals surface area (Å²) in [6.07, 6.45) is 8.58. The van der Waals surface area contributed by atoms with Crippen LogP contribution in [0.4, 0.5) is 0 Å². The SMILES string of the molecule is CC(C)CCn1cc(C(=O)NCC2(O)CCCCCC2)nn1. The Bertz CT molecular complexity index is 476. The predicted octanol–water partition coefficient (Wildman–Crippen LogP) is 2.14. The number of carbonyl (C=O) groups is 1. The van der Waals surface area contributed by atoms with Crippen LogP contribution in [0.3, 0.4) is 0 Å². The molecule has 1 heterocycles. The standard InChI is InChI=1S/C16H28N4O2/c1-13(2)7-10-20-11-14(18-19-20)15(21)17-12-16(22)8-5-3-4-6-9-16/h11,13,22H,3-10,12H2,1-2H3,(H,17,21). The summed E-state index contributed by atoms with van der Waals surface area (Å²) in [6, 6.07) is 0. The van der Waals surface area contributed by atoms with Crippen LogP contribution < -0.4 is 5.32 Å². The first-order chi connectivity index (χ1) is 10.5. The van der Waals surface area contributed by atoms with Crippen molar-refractivity contribution in [3.8, 4) is 0 Å². The molecule has 1 aliphatic rings. The lowest BCUT2D eigenvalue weighted by Crippen LogP contribution is -2.42. The van der Waals surface area contributed by atoms with Crippen LogP contribution in [0.1, 0.15) is 69.3 Å². The van der Waals surface area contributed by atoms with Crippen LogP contribution in [-0.4, -0.2) is 38.2 Å². The monoisotopic (exact) mass is 308 g/mol. The van der Waals surface area contributed by atoms with Crippen LogP contribution in [0.15, 0.2) is 6.20 Å². The molecular weight excluding hydrogens is 280 g/mol. The molecule has 2 N–H and O–H groups in total. The summed E-state index contributed by atoms with van der Waals surface area (Å²) in [5, 5.41) is 21.2. The van der Waals surface area contributed by atoms with E-state index in [1.807, 2.05) is 0 Å². The highest BCUT2D eigenvalue weighted by atomic mass is 16.3. The quantitative estimate of drug-likeness (QED) is 0.789. The van der Waals surface area contributed by atoms with Gasteiger partial charge in [-0.2, -0.15) is 0 Å². The molecule has 0 aromatic carbocycles. The molecule has 0 unspecified atom stereocenters. The Morgan fingerprint density at radius 1 is 1.36 bits per heavy atom. The van der Waals surface area contributed by atoms with E-state index in [9.17, 15) is 9.90 Å². The molecule has 6 nitrogen and oxygen atoms in total. The molecule has 6 heteroatoms. The molecule has 0 aliphatic heterocycles. The maximum Gasteiger partial charge on any atom is 0.273 e. The number of aromatic nitrogens is 3. The molecule has 22 heavy (non-hydrogen) atoms. The largest absolute Gasteiger partial charge is 0.388 e. The Morgan fingerprint density at radius 3 is 2.68 bits per heavy atom. The van der Waals surface area contributed by atoms with E-state index in [1.54, 1.807) is 10.9 Å². The van der Waals surface area contributed by atoms with Crippen molar-refractivity contribution in [2.45, 2.75) is 70.9 Å². The van der Waals surface area contributed by atoms with E-state index in [0.717, 1.165) is 38.6 Å². The number of nitrogens with zero attached hydrogens (tertiary/aromatic N) is 3. The van der Waals surface area contributed by atoms with Crippen LogP contribution in [0.2, 0.25) is 0 Å². The summed E-state index contributed by atoms with van der Waals surface area (Å²) in [5.74, 6) is 0.333. The van der Waals surface area contributed by atoms with Crippen molar-refractivity contribution in [1.82, 2.24) is 20.3 Å². The number of amides is 1. The van der Waals surface area contributed by atoms with Crippen molar-refractivity contribution in [2.24, 2.45) is 5.92 Å². The molecule has 2 rings (SSSR count). The summed E-state index contributed by atoms with van der Waals surface area (Å²) < 4.78 is 1.70. The molecule has 1 aliphatic carbocycles. The zero-order chi connectivity index (χ0) is 16.0. The van der Waals surface area contributed by atoms with Gasteiger partial charge in [0.2, 0.25) is 0 Å². The zero-order valence-electron chi connectivity index (χ0n) is 13.7. The molecule has 1 aromatic rings. The van der Waals surface area contributed by atoms with Gasteiger partial charge in [0.1, 0.15) is 0 Å². The molecule has 1 saturated carbocycles. The molecule has 0 radical (unpaired) electrons. The van der Waals surface area contributed by atoms with Gasteiger partial charge in [-0.3, -0.25) is 9.48 Å². The van der Waals surface area contributed by atoms with Crippen LogP contribution in [0.25, 0.3) is 0 Å². The van der Waals surface area contributed by atoms with E-state index < -0.39 is 5.60 Å². The summed E-state index contributed by atoms with van der Waals surface area (Å²) in [4.78, 5) is 12.1. The second-order valence-electron chi connectivity index (χ2n) is 6.87. The molecule has 1 amide bonds. The fourth-order valence-electron chi connectivity index (χ4n) is 2.80. The number of hydrogen-bond acceptors (Lipinski definition) is 4. The minimum atomic E-state index is -0.764. The number of carbonyl (C=O) groups excluding carboxylic acids is 1. The lowest BCUT2D eigenvalue weighted by molar-refractivity contribution is 0.0246. The third kappa shape index (κ3) is 5.09. The maximum atomic E-state index is 12.1. The molecule has 124 valence electrons. The van der Waals surface area contributed by atoms with E-state index in [2.05, 4.69) is 29.5 Å². The molecular formula is C16H28N4O2. The Kier molecular flexibility index (Phi) is 5.94. The average molecular weight is 308 g/mol. The maximum absolute atomic E-state index is 12.1. The van der Waals surface area contributed by atoms with Gasteiger partial charge in [-0.25, -0.2) is 0 Å². The van der Waals surface area contributed by atoms with Crippen LogP contribution in [-0.2, 0) is 6.54 Å². The lowest BCUT2D eigenvalue weighted by Gasteiger charge is -2.26. The van der Waals surface area contributed by atoms with Gasteiger partial charge in [0.05, 0.1) is 11.8 Å². The first-order valence-corrected chi connectivity index (χ1v) is 8.39. The Hall–Kier alpha value is -1.43. The summed E-state index contributed by atoms with van der Waals surface area (Å²) in [5.41, 5.74) is -0.444. The van der Waals surface area contributed by atoms with Gasteiger partial charge < -0.3 is 10.4 Å². The van der Waals surface area contributed by atoms with E-state index in [1.165, 1.54) is 12.8 Å². The highest BCUT2D eigenvalue weighted by Crippen LogP contribution is 2.26. The van der Waals surface area contributed by atoms with Crippen LogP contribution in [0, 0.1) is 5.92 Å². The van der Waals surface area contributed by atoms with Crippen molar-refractivity contribution in [3.63, 3.8) is 0 Å². The number of nitrogens with one attached hydrogen (secondary N) is 1. The highest BCUT2D eigenvalue weighted by Gasteiger charge is 2.28. The summed E-state index contributed by atoms with van der Waals surface area (Å²) in [7, 11) is 0. The van der Waals surface area contributed by atoms with Gasteiger partial charge in [0.15, 0.2) is 5.69 Å². The number of hydrogen-bond donors (Lipinski definition) is 2. The van der Waals surface area contributed by atoms with Crippen molar-refractivity contribution >= 4 is 5.91 Å². The lowest BCUT2D eigenvalue weighted by atomic mass is 9.94. The molecule has 0 spiro atoms. The number of rotatable bonds is 6. The first kappa shape index (κ1) is 16.9. The topological polar surface area (TPSA) is 80.0 Å². The molecule has 1 aromatic heterocycles. The van der Waals surface area contributed by atoms with E-state index in [-0.39, 0.29) is 5.91 Å². The summed E-state index contributed by atoms with van der Waals surface area (Å²) >= 11 is 0. The Balaban J connectivity index is 1.84. The second kappa shape index (κ2) is 7.72. The minimum absolute atomic E-state index is 0.256. The Morgan fingerprint density at radius 2 is 2.05 bits per heavy atom. The molecule has 0 atom stereocenters. The van der Waals surface area contributed by atoms with Crippen molar-refractivity contribution in [2.75, 3.05) is 6.54 Å². The second-order valence-corrected chi connectivity index (χ2v) is 6.87. The normalized spacial score (nSPS) is 18.2. The van der Waals surface area contributed by atoms with E-state index >= 15 is 0 Å². The van der Waals surface area contributed by atoms with Gasteiger partial charge in [-0.15, -0.1) is 5.10 Å². The van der Waals surface area contributed by atoms with Gasteiger partial charge in [0.25, 0.3) is 5.91 Å². The summed E-state index contributed by atoms with van der Waals surface area (Å²) in [6.45, 7) is 5.36. The van der Waals surface area contributed by atoms with Crippen molar-refractivity contribution in [1.29, 1.82) is 0 Å². The van der Waals surface area contributed by atoms with Gasteiger partial charge in [-0.05, 0) is 25.2 Å². The third-order valence-electron chi connectivity index (χ3n) is 4.32. The van der Waals surface area contributed by atoms with Crippen molar-refractivity contribution < 1.29 is 9.90 Å². The highest BCUT2D eigenvalue weighted by molar-refractivity contribution is 5.91. The first-order valence-electron chi connectivity index (χ1n) is 8.39. The van der Waals surface area contributed by atoms with Gasteiger partial charge in [-0.1, -0.05) is 44.7 Å². The van der Waals surface area contributed by atoms with Gasteiger partial charge in [0, 0.05) is 13.1 Å². The Labute approximate surface area is 132 Å². The predicted molar refractivity (Wildman–Crippen MR) is 84.5 cm³/mol. The number of aliphatic hydroxyl groups is 1. The van der Waals surface area contributed by atoms with Gasteiger partial charge >= 0.3 is 0 Å². The van der Waals surface area contributed by atoms with E-state index in [0.29, 0.717) is 18.2 Å². The van der Waals surface area contributed by atoms with Crippen LogP contribution >= 0.6 is 0 Å². The molecule has 0 bridgehead atoms. The minimum Gasteiger partial charge on any atom is -0.388 e. The average Bonchev–Trinajstić information content (AvgIpc) is 2.85. The van der Waals surface area contributed by atoms with Crippen LogP contribution in [0.5, 0.6) is 0 Å². The zero-order valence-corrected chi connectivity index (χ0v) is 13.7. The van der Waals surface area contributed by atoms with Crippen molar-refractivity contribution in [3.05, 3.63) is 11.9 Å². The van der Waals surface area contributed by atoms with E-state index in [4.69, 9.17) is 0 Å². The molecule has 1 fully saturated rings. The number of aryl methyl sites for hydroxylation is 1. The molecule has 0 saturated heterocycles.